The van der Waals surface area contributed by atoms with Crippen LogP contribution >= 0.6 is 0 Å². The average molecular weight is 209 g/mol. The first-order valence-corrected chi connectivity index (χ1v) is 5.07. The molecular weight excluding hydrogens is 194 g/mol. The third-order valence-electron chi connectivity index (χ3n) is 2.61. The first-order chi connectivity index (χ1) is 7.16. The lowest BCUT2D eigenvalue weighted by molar-refractivity contribution is -0.135. The first kappa shape index (κ1) is 11.7. The molecule has 15 heavy (non-hydrogen) atoms. The molecule has 0 aromatic heterocycles. The zero-order chi connectivity index (χ0) is 11.3. The Morgan fingerprint density at radius 1 is 1.67 bits per heavy atom. The fraction of sp³-hybridized carbons (Fsp3) is 0.636. The largest absolute Gasteiger partial charge is 0.462 e. The molecule has 0 spiro atoms. The Kier molecular flexibility index (Phi) is 4.32. The molecule has 2 atom stereocenters. The molecule has 0 aliphatic carbocycles. The van der Waals surface area contributed by atoms with E-state index in [1.54, 1.807) is 0 Å². The van der Waals surface area contributed by atoms with Gasteiger partial charge in [0.25, 0.3) is 0 Å². The summed E-state index contributed by atoms with van der Waals surface area (Å²) in [7, 11) is 0. The zero-order valence-corrected chi connectivity index (χ0v) is 8.61. The highest BCUT2D eigenvalue weighted by atomic mass is 16.5. The number of carbonyl (C=O) groups is 1. The summed E-state index contributed by atoms with van der Waals surface area (Å²) in [5.41, 5.74) is 0.364. The van der Waals surface area contributed by atoms with Crippen LogP contribution in [0.4, 0.5) is 0 Å². The van der Waals surface area contributed by atoms with E-state index in [1.807, 2.05) is 6.07 Å². The van der Waals surface area contributed by atoms with E-state index in [4.69, 9.17) is 10.00 Å². The number of hydrogen-bond acceptors (Lipinski definition) is 4. The van der Waals surface area contributed by atoms with Crippen LogP contribution in [0.15, 0.2) is 12.2 Å². The summed E-state index contributed by atoms with van der Waals surface area (Å²) in [6.45, 7) is 3.83. The molecule has 1 N–H and O–H groups in total. The van der Waals surface area contributed by atoms with Crippen LogP contribution in [0, 0.1) is 17.2 Å². The zero-order valence-electron chi connectivity index (χ0n) is 8.61. The number of rotatable bonds is 5. The van der Waals surface area contributed by atoms with Gasteiger partial charge in [-0.05, 0) is 19.3 Å². The van der Waals surface area contributed by atoms with Gasteiger partial charge in [-0.1, -0.05) is 6.58 Å². The van der Waals surface area contributed by atoms with E-state index in [-0.39, 0.29) is 12.5 Å². The summed E-state index contributed by atoms with van der Waals surface area (Å²) in [4.78, 5) is 11.0. The second-order valence-corrected chi connectivity index (χ2v) is 3.70. The number of esters is 1. The summed E-state index contributed by atoms with van der Waals surface area (Å²) in [5, 5.41) is 18.1. The first-order valence-electron chi connectivity index (χ1n) is 5.07. The van der Waals surface area contributed by atoms with Crippen LogP contribution in [0.5, 0.6) is 0 Å². The molecule has 82 valence electrons. The smallest absolute Gasteiger partial charge is 0.333 e. The fourth-order valence-corrected chi connectivity index (χ4v) is 1.61. The van der Waals surface area contributed by atoms with Crippen LogP contribution in [0.2, 0.25) is 0 Å². The quantitative estimate of drug-likeness (QED) is 0.419. The van der Waals surface area contributed by atoms with Gasteiger partial charge in [-0.3, -0.25) is 0 Å². The van der Waals surface area contributed by atoms with Gasteiger partial charge in [-0.2, -0.15) is 5.26 Å². The number of unbranched alkanes of at least 4 members (excludes halogenated alkanes) is 2. The highest BCUT2D eigenvalue weighted by molar-refractivity contribution is 5.90. The molecule has 0 aromatic carbocycles. The number of nitrogens with zero attached hydrogens (tertiary/aromatic N) is 1. The van der Waals surface area contributed by atoms with E-state index >= 15 is 0 Å². The summed E-state index contributed by atoms with van der Waals surface area (Å²) in [6, 6.07) is 2.05. The predicted molar refractivity (Wildman–Crippen MR) is 53.7 cm³/mol. The van der Waals surface area contributed by atoms with E-state index in [2.05, 4.69) is 6.58 Å². The lowest BCUT2D eigenvalue weighted by atomic mass is 9.93. The minimum Gasteiger partial charge on any atom is -0.462 e. The Hall–Kier alpha value is -1.34. The third-order valence-corrected chi connectivity index (χ3v) is 2.61. The SMILES string of the molecule is C=C1C(=O)OC[C@H]1[C@@H](O)CCCCC#N. The van der Waals surface area contributed by atoms with Gasteiger partial charge in [0.05, 0.1) is 18.1 Å². The number of nitriles is 1. The van der Waals surface area contributed by atoms with Crippen molar-refractivity contribution >= 4 is 5.97 Å². The Balaban J connectivity index is 2.29. The molecule has 1 rings (SSSR count). The Labute approximate surface area is 89.2 Å². The molecule has 1 fully saturated rings. The van der Waals surface area contributed by atoms with Crippen molar-refractivity contribution in [3.8, 4) is 6.07 Å². The summed E-state index contributed by atoms with van der Waals surface area (Å²) >= 11 is 0. The summed E-state index contributed by atoms with van der Waals surface area (Å²) < 4.78 is 4.78. The number of ether oxygens (including phenoxy) is 1. The van der Waals surface area contributed by atoms with Gasteiger partial charge < -0.3 is 9.84 Å². The standard InChI is InChI=1S/C11H15NO3/c1-8-9(7-15-11(8)14)10(13)5-3-2-4-6-12/h9-10,13H,1-5,7H2/t9-,10+/m1/s1. The third kappa shape index (κ3) is 3.07. The van der Waals surface area contributed by atoms with Crippen molar-refractivity contribution in [1.82, 2.24) is 0 Å². The molecule has 0 saturated carbocycles. The molecule has 1 aliphatic rings. The van der Waals surface area contributed by atoms with Crippen molar-refractivity contribution in [2.75, 3.05) is 6.61 Å². The Morgan fingerprint density at radius 3 is 2.93 bits per heavy atom. The molecule has 1 saturated heterocycles. The van der Waals surface area contributed by atoms with Crippen molar-refractivity contribution in [1.29, 1.82) is 5.26 Å². The number of cyclic esters (lactones) is 1. The lowest BCUT2D eigenvalue weighted by Crippen LogP contribution is -2.21. The molecule has 0 bridgehead atoms. The van der Waals surface area contributed by atoms with Crippen molar-refractivity contribution in [3.05, 3.63) is 12.2 Å². The molecular formula is C11H15NO3. The molecule has 1 heterocycles. The highest BCUT2D eigenvalue weighted by Gasteiger charge is 2.33. The average Bonchev–Trinajstić information content (AvgIpc) is 2.55. The molecule has 1 aliphatic heterocycles. The topological polar surface area (TPSA) is 70.3 Å². The normalized spacial score (nSPS) is 22.3. The molecule has 4 nitrogen and oxygen atoms in total. The fourth-order valence-electron chi connectivity index (χ4n) is 1.61. The van der Waals surface area contributed by atoms with Gasteiger partial charge >= 0.3 is 5.97 Å². The number of aliphatic hydroxyl groups excluding tert-OH is 1. The van der Waals surface area contributed by atoms with Gasteiger partial charge in [0, 0.05) is 12.0 Å². The van der Waals surface area contributed by atoms with Crippen LogP contribution in [0.1, 0.15) is 25.7 Å². The van der Waals surface area contributed by atoms with Crippen molar-refractivity contribution in [3.63, 3.8) is 0 Å². The van der Waals surface area contributed by atoms with E-state index in [0.29, 0.717) is 18.4 Å². The second-order valence-electron chi connectivity index (χ2n) is 3.70. The number of carbonyl (C=O) groups excluding carboxylic acids is 1. The van der Waals surface area contributed by atoms with Gasteiger partial charge in [0.15, 0.2) is 0 Å². The molecule has 0 unspecified atom stereocenters. The van der Waals surface area contributed by atoms with Crippen LogP contribution in [0.25, 0.3) is 0 Å². The van der Waals surface area contributed by atoms with Gasteiger partial charge in [-0.25, -0.2) is 4.79 Å². The summed E-state index contributed by atoms with van der Waals surface area (Å²) in [6.07, 6.45) is 2.08. The summed E-state index contributed by atoms with van der Waals surface area (Å²) in [5.74, 6) is -0.671. The van der Waals surface area contributed by atoms with Gasteiger partial charge in [-0.15, -0.1) is 0 Å². The molecule has 0 radical (unpaired) electrons. The van der Waals surface area contributed by atoms with E-state index in [1.165, 1.54) is 0 Å². The minimum atomic E-state index is -0.581. The van der Waals surface area contributed by atoms with Crippen LogP contribution in [-0.4, -0.2) is 23.8 Å². The Morgan fingerprint density at radius 2 is 2.40 bits per heavy atom. The van der Waals surface area contributed by atoms with Crippen LogP contribution < -0.4 is 0 Å². The van der Waals surface area contributed by atoms with Gasteiger partial charge in [0.1, 0.15) is 6.61 Å². The lowest BCUT2D eigenvalue weighted by Gasteiger charge is -2.15. The van der Waals surface area contributed by atoms with E-state index < -0.39 is 12.1 Å². The maximum atomic E-state index is 11.0. The molecule has 4 heteroatoms. The predicted octanol–water partition coefficient (Wildman–Crippen LogP) is 1.16. The van der Waals surface area contributed by atoms with Crippen molar-refractivity contribution in [2.24, 2.45) is 5.92 Å². The van der Waals surface area contributed by atoms with E-state index in [0.717, 1.165) is 12.8 Å². The second kappa shape index (κ2) is 5.52. The van der Waals surface area contributed by atoms with Gasteiger partial charge in [0.2, 0.25) is 0 Å². The molecule has 0 amide bonds. The highest BCUT2D eigenvalue weighted by Crippen LogP contribution is 2.25. The number of hydrogen-bond donors (Lipinski definition) is 1. The minimum absolute atomic E-state index is 0.233. The monoisotopic (exact) mass is 209 g/mol. The van der Waals surface area contributed by atoms with Crippen LogP contribution in [0.3, 0.4) is 0 Å². The number of aliphatic hydroxyl groups is 1. The van der Waals surface area contributed by atoms with Crippen molar-refractivity contribution < 1.29 is 14.6 Å². The van der Waals surface area contributed by atoms with Crippen molar-refractivity contribution in [2.45, 2.75) is 31.8 Å². The molecule has 0 aromatic rings. The maximum Gasteiger partial charge on any atom is 0.333 e. The maximum absolute atomic E-state index is 11.0. The van der Waals surface area contributed by atoms with Crippen LogP contribution in [-0.2, 0) is 9.53 Å². The van der Waals surface area contributed by atoms with E-state index in [9.17, 15) is 9.90 Å². The Bertz CT molecular complexity index is 293.